The molecule has 0 saturated heterocycles. The molecule has 0 radical (unpaired) electrons. The van der Waals surface area contributed by atoms with Crippen molar-refractivity contribution in [1.82, 2.24) is 0 Å². The van der Waals surface area contributed by atoms with Gasteiger partial charge in [-0.1, -0.05) is 24.1 Å². The second-order valence-electron chi connectivity index (χ2n) is 4.71. The van der Waals surface area contributed by atoms with Crippen LogP contribution in [0, 0.1) is 12.3 Å². The molecule has 0 saturated carbocycles. The van der Waals surface area contributed by atoms with Crippen LogP contribution in [-0.4, -0.2) is 8.42 Å². The SMILES string of the molecule is C#Cc1cccc(NC(C)c2cccc(S(N)(=O)=O)c2)c1. The Morgan fingerprint density at radius 3 is 2.57 bits per heavy atom. The van der Waals surface area contributed by atoms with Crippen LogP contribution in [0.5, 0.6) is 0 Å². The lowest BCUT2D eigenvalue weighted by atomic mass is 10.1. The zero-order chi connectivity index (χ0) is 15.5. The number of nitrogens with one attached hydrogen (secondary N) is 1. The summed E-state index contributed by atoms with van der Waals surface area (Å²) in [4.78, 5) is 0.103. The van der Waals surface area contributed by atoms with Gasteiger partial charge in [-0.3, -0.25) is 0 Å². The number of hydrogen-bond acceptors (Lipinski definition) is 3. The Morgan fingerprint density at radius 1 is 1.19 bits per heavy atom. The molecule has 0 fully saturated rings. The van der Waals surface area contributed by atoms with Crippen molar-refractivity contribution in [2.45, 2.75) is 17.9 Å². The van der Waals surface area contributed by atoms with Crippen molar-refractivity contribution in [3.63, 3.8) is 0 Å². The molecule has 3 N–H and O–H groups in total. The third-order valence-corrected chi connectivity index (χ3v) is 4.01. The van der Waals surface area contributed by atoms with Gasteiger partial charge in [0.15, 0.2) is 0 Å². The maximum Gasteiger partial charge on any atom is 0.238 e. The summed E-state index contributed by atoms with van der Waals surface area (Å²) in [5, 5.41) is 8.43. The molecule has 0 aromatic heterocycles. The Labute approximate surface area is 125 Å². The van der Waals surface area contributed by atoms with E-state index in [4.69, 9.17) is 11.6 Å². The standard InChI is InChI=1S/C16H16N2O2S/c1-3-13-6-4-8-15(10-13)18-12(2)14-7-5-9-16(11-14)21(17,19)20/h1,4-12,18H,2H3,(H2,17,19,20). The number of terminal acetylenes is 1. The van der Waals surface area contributed by atoms with Crippen LogP contribution < -0.4 is 10.5 Å². The van der Waals surface area contributed by atoms with E-state index in [0.29, 0.717) is 0 Å². The summed E-state index contributed by atoms with van der Waals surface area (Å²) in [6, 6.07) is 14.0. The van der Waals surface area contributed by atoms with Gasteiger partial charge in [-0.15, -0.1) is 6.42 Å². The van der Waals surface area contributed by atoms with E-state index >= 15 is 0 Å². The predicted molar refractivity (Wildman–Crippen MR) is 84.2 cm³/mol. The van der Waals surface area contributed by atoms with Gasteiger partial charge in [0, 0.05) is 17.3 Å². The molecular weight excluding hydrogens is 284 g/mol. The molecule has 0 aliphatic heterocycles. The first-order valence-corrected chi connectivity index (χ1v) is 7.91. The summed E-state index contributed by atoms with van der Waals surface area (Å²) >= 11 is 0. The van der Waals surface area contributed by atoms with Crippen LogP contribution in [-0.2, 0) is 10.0 Å². The van der Waals surface area contributed by atoms with Gasteiger partial charge in [0.05, 0.1) is 4.90 Å². The Morgan fingerprint density at radius 2 is 1.90 bits per heavy atom. The summed E-state index contributed by atoms with van der Waals surface area (Å²) in [5.41, 5.74) is 2.48. The van der Waals surface area contributed by atoms with E-state index in [1.54, 1.807) is 12.1 Å². The van der Waals surface area contributed by atoms with Gasteiger partial charge in [-0.05, 0) is 42.8 Å². The second-order valence-corrected chi connectivity index (χ2v) is 6.27. The Bertz CT molecular complexity index is 792. The average Bonchev–Trinajstić information content (AvgIpc) is 2.46. The minimum absolute atomic E-state index is 0.0836. The number of primary sulfonamides is 1. The van der Waals surface area contributed by atoms with Gasteiger partial charge >= 0.3 is 0 Å². The molecule has 1 unspecified atom stereocenters. The highest BCUT2D eigenvalue weighted by Gasteiger charge is 2.11. The number of anilines is 1. The predicted octanol–water partition coefficient (Wildman–Crippen LogP) is 2.49. The van der Waals surface area contributed by atoms with E-state index in [-0.39, 0.29) is 10.9 Å². The van der Waals surface area contributed by atoms with E-state index in [9.17, 15) is 8.42 Å². The molecule has 21 heavy (non-hydrogen) atoms. The minimum Gasteiger partial charge on any atom is -0.378 e. The maximum absolute atomic E-state index is 11.4. The van der Waals surface area contributed by atoms with Crippen LogP contribution in [0.4, 0.5) is 5.69 Å². The van der Waals surface area contributed by atoms with Crippen molar-refractivity contribution in [3.8, 4) is 12.3 Å². The highest BCUT2D eigenvalue weighted by atomic mass is 32.2. The monoisotopic (exact) mass is 300 g/mol. The first-order valence-electron chi connectivity index (χ1n) is 6.36. The number of benzene rings is 2. The van der Waals surface area contributed by atoms with Gasteiger partial charge < -0.3 is 5.32 Å². The first kappa shape index (κ1) is 15.1. The van der Waals surface area contributed by atoms with Crippen molar-refractivity contribution in [2.24, 2.45) is 5.14 Å². The molecule has 2 aromatic carbocycles. The first-order chi connectivity index (χ1) is 9.90. The Balaban J connectivity index is 2.24. The summed E-state index contributed by atoms with van der Waals surface area (Å²) in [6.45, 7) is 1.94. The average molecular weight is 300 g/mol. The third-order valence-electron chi connectivity index (χ3n) is 3.10. The molecule has 0 spiro atoms. The fourth-order valence-corrected chi connectivity index (χ4v) is 2.56. The smallest absolute Gasteiger partial charge is 0.238 e. The van der Waals surface area contributed by atoms with Gasteiger partial charge in [-0.2, -0.15) is 0 Å². The summed E-state index contributed by atoms with van der Waals surface area (Å²) in [6.07, 6.45) is 5.37. The lowest BCUT2D eigenvalue weighted by Crippen LogP contribution is -2.13. The molecule has 0 heterocycles. The van der Waals surface area contributed by atoms with Crippen molar-refractivity contribution >= 4 is 15.7 Å². The highest BCUT2D eigenvalue weighted by Crippen LogP contribution is 2.21. The molecule has 2 rings (SSSR count). The Hall–Kier alpha value is -2.29. The summed E-state index contributed by atoms with van der Waals surface area (Å²) < 4.78 is 22.8. The van der Waals surface area contributed by atoms with Crippen molar-refractivity contribution in [2.75, 3.05) is 5.32 Å². The van der Waals surface area contributed by atoms with Crippen LogP contribution in [0.1, 0.15) is 24.1 Å². The topological polar surface area (TPSA) is 72.2 Å². The zero-order valence-corrected chi connectivity index (χ0v) is 12.4. The van der Waals surface area contributed by atoms with Crippen molar-refractivity contribution in [3.05, 3.63) is 59.7 Å². The number of hydrogen-bond donors (Lipinski definition) is 2. The van der Waals surface area contributed by atoms with Crippen molar-refractivity contribution < 1.29 is 8.42 Å². The molecule has 2 aromatic rings. The lowest BCUT2D eigenvalue weighted by molar-refractivity contribution is 0.597. The van der Waals surface area contributed by atoms with Crippen molar-refractivity contribution in [1.29, 1.82) is 0 Å². The number of rotatable bonds is 4. The molecule has 5 heteroatoms. The largest absolute Gasteiger partial charge is 0.378 e. The van der Waals surface area contributed by atoms with Gasteiger partial charge in [-0.25, -0.2) is 13.6 Å². The van der Waals surface area contributed by atoms with E-state index in [1.165, 1.54) is 6.07 Å². The molecular formula is C16H16N2O2S. The number of sulfonamides is 1. The number of nitrogens with two attached hydrogens (primary N) is 1. The van der Waals surface area contributed by atoms with E-state index in [0.717, 1.165) is 16.8 Å². The molecule has 0 bridgehead atoms. The minimum atomic E-state index is -3.70. The molecule has 108 valence electrons. The maximum atomic E-state index is 11.4. The second kappa shape index (κ2) is 6.00. The lowest BCUT2D eigenvalue weighted by Gasteiger charge is -2.16. The van der Waals surface area contributed by atoms with Crippen LogP contribution in [0.25, 0.3) is 0 Å². The van der Waals surface area contributed by atoms with E-state index in [2.05, 4.69) is 11.2 Å². The fourth-order valence-electron chi connectivity index (χ4n) is 1.99. The normalized spacial score (nSPS) is 12.4. The van der Waals surface area contributed by atoms with Gasteiger partial charge in [0.1, 0.15) is 0 Å². The molecule has 1 atom stereocenters. The van der Waals surface area contributed by atoms with Crippen LogP contribution >= 0.6 is 0 Å². The van der Waals surface area contributed by atoms with Crippen LogP contribution in [0.15, 0.2) is 53.4 Å². The van der Waals surface area contributed by atoms with Gasteiger partial charge in [0.25, 0.3) is 0 Å². The third kappa shape index (κ3) is 3.85. The fraction of sp³-hybridized carbons (Fsp3) is 0.125. The quantitative estimate of drug-likeness (QED) is 0.852. The summed E-state index contributed by atoms with van der Waals surface area (Å²) in [5.74, 6) is 2.57. The summed E-state index contributed by atoms with van der Waals surface area (Å²) in [7, 11) is -3.70. The molecule has 0 aliphatic carbocycles. The molecule has 0 amide bonds. The van der Waals surface area contributed by atoms with E-state index in [1.807, 2.05) is 37.3 Å². The van der Waals surface area contributed by atoms with E-state index < -0.39 is 10.0 Å². The molecule has 4 nitrogen and oxygen atoms in total. The van der Waals surface area contributed by atoms with Gasteiger partial charge in [0.2, 0.25) is 10.0 Å². The Kier molecular flexibility index (Phi) is 4.32. The highest BCUT2D eigenvalue weighted by molar-refractivity contribution is 7.89. The molecule has 0 aliphatic rings. The van der Waals surface area contributed by atoms with Crippen LogP contribution in [0.2, 0.25) is 0 Å². The zero-order valence-electron chi connectivity index (χ0n) is 11.6. The van der Waals surface area contributed by atoms with Crippen LogP contribution in [0.3, 0.4) is 0 Å².